The molecule has 0 aromatic carbocycles. The number of rotatable bonds is 0. The molecule has 0 aromatic rings. The molecule has 0 atom stereocenters. The van der Waals surface area contributed by atoms with Crippen molar-refractivity contribution in [3.63, 3.8) is 0 Å². The molecular formula is C8H5N3. The number of nitrogens with zero attached hydrogens (tertiary/aromatic N) is 3. The van der Waals surface area contributed by atoms with Crippen LogP contribution in [0, 0.1) is 0 Å². The quantitative estimate of drug-likeness (QED) is 0.277. The van der Waals surface area contributed by atoms with E-state index < -0.39 is 0 Å². The Morgan fingerprint density at radius 3 is 3.09 bits per heavy atom. The van der Waals surface area contributed by atoms with Crippen LogP contribution in [-0.4, -0.2) is 16.2 Å². The van der Waals surface area contributed by atoms with E-state index in [0.717, 1.165) is 11.3 Å². The molecule has 0 spiro atoms. The maximum Gasteiger partial charge on any atom is 0.341 e. The van der Waals surface area contributed by atoms with E-state index in [9.17, 15) is 0 Å². The Morgan fingerprint density at radius 1 is 1.36 bits per heavy atom. The summed E-state index contributed by atoms with van der Waals surface area (Å²) in [7, 11) is 0. The molecule has 2 aliphatic rings. The summed E-state index contributed by atoms with van der Waals surface area (Å²) in [4.78, 5) is 7.14. The smallest absolute Gasteiger partial charge is 0.341 e. The van der Waals surface area contributed by atoms with E-state index in [4.69, 9.17) is 5.53 Å². The molecule has 0 fully saturated rings. The van der Waals surface area contributed by atoms with E-state index in [0.29, 0.717) is 5.71 Å². The van der Waals surface area contributed by atoms with Crippen LogP contribution in [0.4, 0.5) is 0 Å². The molecule has 1 heterocycles. The molecule has 0 bridgehead atoms. The van der Waals surface area contributed by atoms with Crippen molar-refractivity contribution < 1.29 is 4.79 Å². The summed E-state index contributed by atoms with van der Waals surface area (Å²) in [6.45, 7) is 0. The standard InChI is InChI=1S/C8H5N3/c9-11-7-3-1-2-6-4-5-10-8(6)7/h1-5H. The number of hydrogen-bond donors (Lipinski definition) is 0. The van der Waals surface area contributed by atoms with E-state index in [1.54, 1.807) is 12.3 Å². The van der Waals surface area contributed by atoms with Gasteiger partial charge in [0.25, 0.3) is 0 Å². The molecule has 1 aliphatic carbocycles. The van der Waals surface area contributed by atoms with Gasteiger partial charge in [0.1, 0.15) is 0 Å². The Labute approximate surface area is 63.7 Å². The minimum atomic E-state index is 0.521. The highest BCUT2D eigenvalue weighted by atomic mass is 14.9. The van der Waals surface area contributed by atoms with Gasteiger partial charge >= 0.3 is 5.71 Å². The summed E-state index contributed by atoms with van der Waals surface area (Å²) < 4.78 is 0. The van der Waals surface area contributed by atoms with Gasteiger partial charge in [-0.15, -0.1) is 0 Å². The normalized spacial score (nSPS) is 19.1. The summed E-state index contributed by atoms with van der Waals surface area (Å²) in [5.41, 5.74) is 10.8. The first-order valence-corrected chi connectivity index (χ1v) is 3.27. The van der Waals surface area contributed by atoms with Gasteiger partial charge in [-0.3, -0.25) is 0 Å². The van der Waals surface area contributed by atoms with Gasteiger partial charge < -0.3 is 5.53 Å². The fraction of sp³-hybridized carbons (Fsp3) is 0. The predicted octanol–water partition coefficient (Wildman–Crippen LogP) is 1.12. The Morgan fingerprint density at radius 2 is 2.27 bits per heavy atom. The van der Waals surface area contributed by atoms with Crippen LogP contribution >= 0.6 is 0 Å². The highest BCUT2D eigenvalue weighted by Crippen LogP contribution is 2.13. The van der Waals surface area contributed by atoms with Crippen LogP contribution in [0.1, 0.15) is 0 Å². The van der Waals surface area contributed by atoms with Gasteiger partial charge in [0.15, 0.2) is 5.71 Å². The third-order valence-corrected chi connectivity index (χ3v) is 1.61. The molecule has 3 nitrogen and oxygen atoms in total. The number of fused-ring (bicyclic) bond motifs is 1. The van der Waals surface area contributed by atoms with Crippen LogP contribution in [0.25, 0.3) is 5.53 Å². The lowest BCUT2D eigenvalue weighted by atomic mass is 10.0. The lowest BCUT2D eigenvalue weighted by Gasteiger charge is -1.97. The van der Waals surface area contributed by atoms with Crippen molar-refractivity contribution in [3.8, 4) is 0 Å². The summed E-state index contributed by atoms with van der Waals surface area (Å²) in [6, 6.07) is 0. The monoisotopic (exact) mass is 143 g/mol. The van der Waals surface area contributed by atoms with Crippen LogP contribution in [0.5, 0.6) is 0 Å². The van der Waals surface area contributed by atoms with Gasteiger partial charge in [-0.2, -0.15) is 4.79 Å². The predicted molar refractivity (Wildman–Crippen MR) is 42.4 cm³/mol. The molecule has 0 amide bonds. The minimum Gasteiger partial charge on any atom is -0.361 e. The van der Waals surface area contributed by atoms with Gasteiger partial charge in [0.2, 0.25) is 0 Å². The first-order chi connectivity index (χ1) is 5.42. The van der Waals surface area contributed by atoms with Crippen molar-refractivity contribution in [1.82, 2.24) is 0 Å². The average Bonchev–Trinajstić information content (AvgIpc) is 2.50. The van der Waals surface area contributed by atoms with E-state index in [-0.39, 0.29) is 0 Å². The fourth-order valence-corrected chi connectivity index (χ4v) is 1.10. The molecule has 11 heavy (non-hydrogen) atoms. The topological polar surface area (TPSA) is 48.8 Å². The van der Waals surface area contributed by atoms with Crippen LogP contribution in [0.15, 0.2) is 41.1 Å². The second kappa shape index (κ2) is 2.15. The zero-order chi connectivity index (χ0) is 7.68. The number of hydrogen-bond acceptors (Lipinski definition) is 1. The van der Waals surface area contributed by atoms with Crippen LogP contribution in [0.3, 0.4) is 0 Å². The molecule has 0 saturated carbocycles. The molecule has 0 N–H and O–H groups in total. The molecule has 0 radical (unpaired) electrons. The molecule has 2 rings (SSSR count). The van der Waals surface area contributed by atoms with Gasteiger partial charge in [0.05, 0.1) is 0 Å². The van der Waals surface area contributed by atoms with Crippen molar-refractivity contribution in [2.45, 2.75) is 0 Å². The van der Waals surface area contributed by atoms with Crippen molar-refractivity contribution in [2.24, 2.45) is 4.99 Å². The number of allylic oxidation sites excluding steroid dienone is 5. The third kappa shape index (κ3) is 0.791. The van der Waals surface area contributed by atoms with Gasteiger partial charge in [-0.05, 0) is 6.08 Å². The van der Waals surface area contributed by atoms with Crippen LogP contribution in [0.2, 0.25) is 0 Å². The lowest BCUT2D eigenvalue weighted by molar-refractivity contribution is 0.000170. The average molecular weight is 143 g/mol. The highest BCUT2D eigenvalue weighted by Gasteiger charge is 2.21. The Balaban J connectivity index is 2.59. The first-order valence-electron chi connectivity index (χ1n) is 3.27. The molecule has 0 aromatic heterocycles. The molecule has 0 saturated heterocycles. The van der Waals surface area contributed by atoms with Crippen molar-refractivity contribution in [3.05, 3.63) is 41.6 Å². The molecular weight excluding hydrogens is 138 g/mol. The second-order valence-corrected chi connectivity index (χ2v) is 2.26. The maximum atomic E-state index is 8.54. The highest BCUT2D eigenvalue weighted by molar-refractivity contribution is 6.52. The molecule has 1 aliphatic heterocycles. The van der Waals surface area contributed by atoms with E-state index >= 15 is 0 Å². The van der Waals surface area contributed by atoms with E-state index in [1.165, 1.54) is 0 Å². The van der Waals surface area contributed by atoms with E-state index in [2.05, 4.69) is 9.78 Å². The zero-order valence-corrected chi connectivity index (χ0v) is 5.73. The van der Waals surface area contributed by atoms with E-state index in [1.807, 2.05) is 18.2 Å². The summed E-state index contributed by atoms with van der Waals surface area (Å²) >= 11 is 0. The van der Waals surface area contributed by atoms with Crippen molar-refractivity contribution in [2.75, 3.05) is 0 Å². The lowest BCUT2D eigenvalue weighted by Crippen LogP contribution is -2.14. The largest absolute Gasteiger partial charge is 0.361 e. The minimum absolute atomic E-state index is 0.521. The SMILES string of the molecule is [N-]=[N+]=C1C=CC=C2C=CN=C21. The van der Waals surface area contributed by atoms with Gasteiger partial charge in [0, 0.05) is 17.8 Å². The van der Waals surface area contributed by atoms with Crippen LogP contribution < -0.4 is 0 Å². The maximum absolute atomic E-state index is 8.54. The molecule has 52 valence electrons. The van der Waals surface area contributed by atoms with Crippen molar-refractivity contribution >= 4 is 11.4 Å². The molecule has 3 heteroatoms. The summed E-state index contributed by atoms with van der Waals surface area (Å²) in [6.07, 6.45) is 9.05. The Kier molecular flexibility index (Phi) is 1.17. The number of aliphatic imine (C=N–C) groups is 1. The van der Waals surface area contributed by atoms with Crippen molar-refractivity contribution in [1.29, 1.82) is 0 Å². The Bertz CT molecular complexity index is 363. The second-order valence-electron chi connectivity index (χ2n) is 2.26. The molecule has 0 unspecified atom stereocenters. The third-order valence-electron chi connectivity index (χ3n) is 1.61. The zero-order valence-electron chi connectivity index (χ0n) is 5.73. The first kappa shape index (κ1) is 6.01. The Hall–Kier alpha value is -1.73. The van der Waals surface area contributed by atoms with Gasteiger partial charge in [-0.25, -0.2) is 4.99 Å². The summed E-state index contributed by atoms with van der Waals surface area (Å²) in [5, 5.41) is 0. The fourth-order valence-electron chi connectivity index (χ4n) is 1.10. The van der Waals surface area contributed by atoms with Gasteiger partial charge in [-0.1, -0.05) is 12.2 Å². The van der Waals surface area contributed by atoms with Crippen LogP contribution in [-0.2, 0) is 0 Å². The summed E-state index contributed by atoms with van der Waals surface area (Å²) in [5.74, 6) is 0.